The van der Waals surface area contributed by atoms with Gasteiger partial charge < -0.3 is 9.84 Å². The third kappa shape index (κ3) is 9.95. The van der Waals surface area contributed by atoms with Crippen LogP contribution in [0.15, 0.2) is 0 Å². The van der Waals surface area contributed by atoms with Gasteiger partial charge in [-0.05, 0) is 19.3 Å². The molecule has 1 unspecified atom stereocenters. The lowest BCUT2D eigenvalue weighted by Crippen LogP contribution is -2.16. The Morgan fingerprint density at radius 2 is 1.93 bits per heavy atom. The van der Waals surface area contributed by atoms with Crippen molar-refractivity contribution in [3.05, 3.63) is 0 Å². The Kier molecular flexibility index (Phi) is 7.13. The zero-order valence-corrected chi connectivity index (χ0v) is 9.72. The molecule has 0 aromatic rings. The molecule has 0 aromatic heterocycles. The van der Waals surface area contributed by atoms with Crippen molar-refractivity contribution in [3.8, 4) is 0 Å². The quantitative estimate of drug-likeness (QED) is 0.613. The standard InChI is InChI=1S/C9H20O4S/c1-3-6-13-7-4-9(10)5-8-14(2,11)12/h9-10H,3-8H2,1-2H3. The van der Waals surface area contributed by atoms with Gasteiger partial charge >= 0.3 is 0 Å². The fourth-order valence-corrected chi connectivity index (χ4v) is 1.66. The van der Waals surface area contributed by atoms with Crippen LogP contribution in [-0.4, -0.2) is 44.9 Å². The number of aliphatic hydroxyl groups is 1. The summed E-state index contributed by atoms with van der Waals surface area (Å²) in [5, 5.41) is 9.37. The van der Waals surface area contributed by atoms with Gasteiger partial charge in [0, 0.05) is 19.5 Å². The van der Waals surface area contributed by atoms with E-state index in [1.54, 1.807) is 0 Å². The zero-order valence-electron chi connectivity index (χ0n) is 8.90. The van der Waals surface area contributed by atoms with Crippen molar-refractivity contribution < 1.29 is 18.3 Å². The van der Waals surface area contributed by atoms with E-state index in [2.05, 4.69) is 0 Å². The van der Waals surface area contributed by atoms with E-state index in [0.29, 0.717) is 26.1 Å². The fourth-order valence-electron chi connectivity index (χ4n) is 0.960. The predicted molar refractivity (Wildman–Crippen MR) is 56.1 cm³/mol. The monoisotopic (exact) mass is 224 g/mol. The molecule has 0 aliphatic carbocycles. The third-order valence-corrected chi connectivity index (χ3v) is 2.74. The Morgan fingerprint density at radius 3 is 2.43 bits per heavy atom. The molecule has 0 radical (unpaired) electrons. The molecule has 0 rings (SSSR count). The molecule has 4 nitrogen and oxygen atoms in total. The highest BCUT2D eigenvalue weighted by molar-refractivity contribution is 7.90. The molecule has 1 atom stereocenters. The Hall–Kier alpha value is -0.130. The van der Waals surface area contributed by atoms with E-state index in [0.717, 1.165) is 6.42 Å². The number of sulfone groups is 1. The van der Waals surface area contributed by atoms with Crippen molar-refractivity contribution in [1.29, 1.82) is 0 Å². The minimum absolute atomic E-state index is 0.0436. The van der Waals surface area contributed by atoms with Gasteiger partial charge in [0.15, 0.2) is 0 Å². The summed E-state index contributed by atoms with van der Waals surface area (Å²) in [5.41, 5.74) is 0. The van der Waals surface area contributed by atoms with Gasteiger partial charge in [0.25, 0.3) is 0 Å². The number of ether oxygens (including phenoxy) is 1. The van der Waals surface area contributed by atoms with E-state index in [1.165, 1.54) is 6.26 Å². The summed E-state index contributed by atoms with van der Waals surface area (Å²) in [6.07, 6.45) is 2.37. The Balaban J connectivity index is 3.42. The molecule has 5 heteroatoms. The Labute approximate surface area is 86.2 Å². The lowest BCUT2D eigenvalue weighted by molar-refractivity contribution is 0.0809. The summed E-state index contributed by atoms with van der Waals surface area (Å²) in [6, 6.07) is 0. The summed E-state index contributed by atoms with van der Waals surface area (Å²) >= 11 is 0. The van der Waals surface area contributed by atoms with Crippen molar-refractivity contribution in [2.75, 3.05) is 25.2 Å². The average Bonchev–Trinajstić information content (AvgIpc) is 2.08. The van der Waals surface area contributed by atoms with Gasteiger partial charge in [-0.25, -0.2) is 8.42 Å². The molecule has 0 heterocycles. The van der Waals surface area contributed by atoms with E-state index >= 15 is 0 Å². The number of aliphatic hydroxyl groups excluding tert-OH is 1. The van der Waals surface area contributed by atoms with Crippen molar-refractivity contribution in [2.24, 2.45) is 0 Å². The van der Waals surface area contributed by atoms with Gasteiger partial charge in [-0.2, -0.15) is 0 Å². The molecule has 86 valence electrons. The largest absolute Gasteiger partial charge is 0.393 e. The van der Waals surface area contributed by atoms with Gasteiger partial charge in [-0.3, -0.25) is 0 Å². The van der Waals surface area contributed by atoms with Crippen LogP contribution in [0.25, 0.3) is 0 Å². The first-order valence-electron chi connectivity index (χ1n) is 4.89. The first-order chi connectivity index (χ1) is 6.45. The molecule has 0 bridgehead atoms. The summed E-state index contributed by atoms with van der Waals surface area (Å²) in [5.74, 6) is 0.0436. The molecule has 0 amide bonds. The van der Waals surface area contributed by atoms with Gasteiger partial charge in [-0.15, -0.1) is 0 Å². The lowest BCUT2D eigenvalue weighted by atomic mass is 10.2. The second kappa shape index (κ2) is 7.20. The van der Waals surface area contributed by atoms with Crippen LogP contribution in [0.5, 0.6) is 0 Å². The maximum atomic E-state index is 10.8. The zero-order chi connectivity index (χ0) is 11.0. The summed E-state index contributed by atoms with van der Waals surface area (Å²) < 4.78 is 26.7. The fraction of sp³-hybridized carbons (Fsp3) is 1.00. The van der Waals surface area contributed by atoms with E-state index in [1.807, 2.05) is 6.92 Å². The molecule has 1 N–H and O–H groups in total. The number of hydrogen-bond acceptors (Lipinski definition) is 4. The van der Waals surface area contributed by atoms with Crippen molar-refractivity contribution >= 4 is 9.84 Å². The summed E-state index contributed by atoms with van der Waals surface area (Å²) in [7, 11) is -2.96. The number of hydrogen-bond donors (Lipinski definition) is 1. The highest BCUT2D eigenvalue weighted by Crippen LogP contribution is 2.01. The van der Waals surface area contributed by atoms with E-state index in [9.17, 15) is 13.5 Å². The second-order valence-electron chi connectivity index (χ2n) is 3.47. The summed E-state index contributed by atoms with van der Waals surface area (Å²) in [6.45, 7) is 3.21. The maximum absolute atomic E-state index is 10.8. The topological polar surface area (TPSA) is 63.6 Å². The van der Waals surface area contributed by atoms with Crippen molar-refractivity contribution in [2.45, 2.75) is 32.3 Å². The maximum Gasteiger partial charge on any atom is 0.147 e. The molecule has 0 aliphatic rings. The van der Waals surface area contributed by atoms with Crippen LogP contribution in [0.2, 0.25) is 0 Å². The molecule has 0 aromatic carbocycles. The van der Waals surface area contributed by atoms with Crippen molar-refractivity contribution in [1.82, 2.24) is 0 Å². The highest BCUT2D eigenvalue weighted by atomic mass is 32.2. The minimum atomic E-state index is -2.96. The molecule has 14 heavy (non-hydrogen) atoms. The van der Waals surface area contributed by atoms with E-state index < -0.39 is 15.9 Å². The predicted octanol–water partition coefficient (Wildman–Crippen LogP) is 0.599. The molecule has 0 spiro atoms. The van der Waals surface area contributed by atoms with Gasteiger partial charge in [-0.1, -0.05) is 6.92 Å². The third-order valence-electron chi connectivity index (χ3n) is 1.77. The molecule has 0 aliphatic heterocycles. The van der Waals surface area contributed by atoms with Crippen LogP contribution in [0.1, 0.15) is 26.2 Å². The van der Waals surface area contributed by atoms with E-state index in [4.69, 9.17) is 4.74 Å². The molecule has 0 fully saturated rings. The Morgan fingerprint density at radius 1 is 1.29 bits per heavy atom. The smallest absolute Gasteiger partial charge is 0.147 e. The summed E-state index contributed by atoms with van der Waals surface area (Å²) in [4.78, 5) is 0. The van der Waals surface area contributed by atoms with Crippen LogP contribution in [0.4, 0.5) is 0 Å². The Bertz CT molecular complexity index is 223. The molecular formula is C9H20O4S. The van der Waals surface area contributed by atoms with Gasteiger partial charge in [0.05, 0.1) is 11.9 Å². The highest BCUT2D eigenvalue weighted by Gasteiger charge is 2.08. The average molecular weight is 224 g/mol. The molecule has 0 saturated carbocycles. The lowest BCUT2D eigenvalue weighted by Gasteiger charge is -2.09. The SMILES string of the molecule is CCCOCCC(O)CCS(C)(=O)=O. The normalized spacial score (nSPS) is 14.2. The first kappa shape index (κ1) is 13.9. The van der Waals surface area contributed by atoms with Crippen LogP contribution in [0, 0.1) is 0 Å². The molecule has 0 saturated heterocycles. The minimum Gasteiger partial charge on any atom is -0.393 e. The van der Waals surface area contributed by atoms with Gasteiger partial charge in [0.2, 0.25) is 0 Å². The first-order valence-corrected chi connectivity index (χ1v) is 6.95. The van der Waals surface area contributed by atoms with Crippen LogP contribution in [-0.2, 0) is 14.6 Å². The van der Waals surface area contributed by atoms with Crippen LogP contribution in [0.3, 0.4) is 0 Å². The van der Waals surface area contributed by atoms with Crippen molar-refractivity contribution in [3.63, 3.8) is 0 Å². The molecular weight excluding hydrogens is 204 g/mol. The van der Waals surface area contributed by atoms with Gasteiger partial charge in [0.1, 0.15) is 9.84 Å². The number of rotatable bonds is 8. The van der Waals surface area contributed by atoms with Crippen LogP contribution >= 0.6 is 0 Å². The van der Waals surface area contributed by atoms with Crippen LogP contribution < -0.4 is 0 Å². The van der Waals surface area contributed by atoms with E-state index in [-0.39, 0.29) is 5.75 Å². The second-order valence-corrected chi connectivity index (χ2v) is 5.73.